The molecule has 28 heteroatoms. The quantitative estimate of drug-likeness (QED) is 0.0176. The Balaban J connectivity index is 1.30. The van der Waals surface area contributed by atoms with Gasteiger partial charge in [-0.3, -0.25) is 57.9 Å². The maximum Gasteiger partial charge on any atom is 0.245 e. The predicted molar refractivity (Wildman–Crippen MR) is 298 cm³/mol. The fraction of sp³-hybridized carbons (Fsp3) is 0.509. The fourth-order valence-electron chi connectivity index (χ4n) is 9.41. The van der Waals surface area contributed by atoms with Crippen LogP contribution in [-0.4, -0.2) is 160 Å². The molecule has 28 nitrogen and oxygen atoms in total. The summed E-state index contributed by atoms with van der Waals surface area (Å²) >= 11 is 0. The number of nitrogens with two attached hydrogens (primary N) is 5. The molecule has 81 heavy (non-hydrogen) atoms. The number of aliphatic imine (C=N–C) groups is 2. The Hall–Kier alpha value is -8.98. The third kappa shape index (κ3) is 19.7. The van der Waals surface area contributed by atoms with Crippen LogP contribution in [0.5, 0.6) is 5.75 Å². The van der Waals surface area contributed by atoms with E-state index in [2.05, 4.69) is 57.5 Å². The van der Waals surface area contributed by atoms with E-state index in [4.69, 9.17) is 28.7 Å². The number of aromatic nitrogens is 1. The van der Waals surface area contributed by atoms with E-state index in [-0.39, 0.29) is 107 Å². The van der Waals surface area contributed by atoms with E-state index in [9.17, 15) is 53.1 Å². The lowest BCUT2D eigenvalue weighted by atomic mass is 10.0. The van der Waals surface area contributed by atoms with Crippen molar-refractivity contribution in [2.75, 3.05) is 26.2 Å². The standard InChI is InChI=1S/C53H77N17O11/c1-28(2)23-38(49(79)66-37(12-7-21-60-53(57)58)51(81)70-22-8-13-41(70)44(54)74)67-45(75)29(3)63-43(73)27-62-46(76)40(25-31-26-61-34-10-5-4-9-33(31)34)69-47(77)35(11-6-20-59-52(55)56)65-50(80)39(24-30-14-16-32(71)17-15-30)68-48(78)36-18-19-42(72)64-36/h4-5,9-10,14-17,26,28-29,35-41,61,71H,6-8,11-13,18-25,27H2,1-3H3,(H2,54,74)(H,62,76)(H,63,73)(H,64,72)(H,65,80)(H,66,79)(H,67,75)(H,68,78)(H,69,77)(H4,55,56,59)(H4,57,58,60)/t29-,35+,36+,37+,38+,39+,40+,41+/m1/s1. The number of primary amides is 1. The number of para-hydroxylation sites is 1. The molecule has 2 fully saturated rings. The van der Waals surface area contributed by atoms with Crippen LogP contribution in [0.3, 0.4) is 0 Å². The maximum atomic E-state index is 14.5. The van der Waals surface area contributed by atoms with Gasteiger partial charge in [0, 0.05) is 56.0 Å². The number of guanidine groups is 2. The third-order valence-electron chi connectivity index (χ3n) is 13.6. The third-order valence-corrected chi connectivity index (χ3v) is 13.6. The molecule has 0 bridgehead atoms. The number of nitrogens with zero attached hydrogens (tertiary/aromatic N) is 3. The van der Waals surface area contributed by atoms with E-state index in [1.54, 1.807) is 24.4 Å². The molecule has 20 N–H and O–H groups in total. The number of hydrogen-bond donors (Lipinski definition) is 15. The summed E-state index contributed by atoms with van der Waals surface area (Å²) in [6, 6.07) is 3.75. The number of nitrogens with one attached hydrogen (secondary N) is 9. The fourth-order valence-corrected chi connectivity index (χ4v) is 9.41. The minimum absolute atomic E-state index is 0.0367. The average Bonchev–Trinajstić information content (AvgIpc) is 4.27. The molecule has 2 aliphatic rings. The van der Waals surface area contributed by atoms with E-state index < -0.39 is 108 Å². The molecule has 8 atom stereocenters. The summed E-state index contributed by atoms with van der Waals surface area (Å²) in [4.78, 5) is 148. The number of H-pyrrole nitrogens is 1. The minimum Gasteiger partial charge on any atom is -0.508 e. The number of phenols is 1. The van der Waals surface area contributed by atoms with Crippen LogP contribution in [0.4, 0.5) is 0 Å². The topological polar surface area (TPSA) is 461 Å². The summed E-state index contributed by atoms with van der Waals surface area (Å²) in [5.41, 5.74) is 29.5. The molecule has 0 aliphatic carbocycles. The van der Waals surface area contributed by atoms with Gasteiger partial charge >= 0.3 is 0 Å². The van der Waals surface area contributed by atoms with Crippen molar-refractivity contribution in [2.45, 2.75) is 140 Å². The number of fused-ring (bicyclic) bond motifs is 1. The van der Waals surface area contributed by atoms with Crippen molar-refractivity contribution >= 4 is 81.9 Å². The van der Waals surface area contributed by atoms with Crippen molar-refractivity contribution in [1.29, 1.82) is 0 Å². The second-order valence-corrected chi connectivity index (χ2v) is 20.5. The zero-order valence-corrected chi connectivity index (χ0v) is 45.8. The molecule has 5 rings (SSSR count). The van der Waals surface area contributed by atoms with Gasteiger partial charge < -0.3 is 86.2 Å². The Kier molecular flexibility index (Phi) is 23.6. The van der Waals surface area contributed by atoms with Crippen molar-refractivity contribution in [2.24, 2.45) is 44.6 Å². The van der Waals surface area contributed by atoms with Gasteiger partial charge in [0.15, 0.2) is 11.9 Å². The number of aromatic amines is 1. The highest BCUT2D eigenvalue weighted by molar-refractivity contribution is 5.99. The summed E-state index contributed by atoms with van der Waals surface area (Å²) in [7, 11) is 0. The van der Waals surface area contributed by atoms with Gasteiger partial charge in [-0.1, -0.05) is 44.2 Å². The van der Waals surface area contributed by atoms with E-state index >= 15 is 0 Å². The van der Waals surface area contributed by atoms with Gasteiger partial charge in [-0.15, -0.1) is 0 Å². The van der Waals surface area contributed by atoms with Crippen LogP contribution >= 0.6 is 0 Å². The smallest absolute Gasteiger partial charge is 0.245 e. The molecule has 3 aromatic rings. The number of aromatic hydroxyl groups is 1. The van der Waals surface area contributed by atoms with E-state index in [0.29, 0.717) is 24.0 Å². The molecular formula is C53H77N17O11. The Labute approximate surface area is 468 Å². The van der Waals surface area contributed by atoms with E-state index in [0.717, 1.165) is 10.9 Å². The van der Waals surface area contributed by atoms with Crippen molar-refractivity contribution in [1.82, 2.24) is 52.4 Å². The molecule has 0 saturated carbocycles. The first-order chi connectivity index (χ1) is 38.5. The molecule has 2 aromatic carbocycles. The highest BCUT2D eigenvalue weighted by atomic mass is 16.3. The minimum atomic E-state index is -1.38. The highest BCUT2D eigenvalue weighted by Gasteiger charge is 2.38. The zero-order chi connectivity index (χ0) is 59.3. The predicted octanol–water partition coefficient (Wildman–Crippen LogP) is -3.39. The lowest BCUT2D eigenvalue weighted by Crippen LogP contribution is -2.59. The Morgan fingerprint density at radius 3 is 1.91 bits per heavy atom. The maximum absolute atomic E-state index is 14.5. The van der Waals surface area contributed by atoms with Crippen LogP contribution in [-0.2, 0) is 60.8 Å². The van der Waals surface area contributed by atoms with Crippen LogP contribution in [0, 0.1) is 5.92 Å². The van der Waals surface area contributed by atoms with Gasteiger partial charge in [-0.25, -0.2) is 0 Å². The normalized spacial score (nSPS) is 17.0. The van der Waals surface area contributed by atoms with Gasteiger partial charge in [0.05, 0.1) is 6.54 Å². The Morgan fingerprint density at radius 1 is 0.691 bits per heavy atom. The van der Waals surface area contributed by atoms with Gasteiger partial charge in [0.2, 0.25) is 59.1 Å². The van der Waals surface area contributed by atoms with Crippen LogP contribution in [0.2, 0.25) is 0 Å². The summed E-state index contributed by atoms with van der Waals surface area (Å²) in [5, 5.41) is 31.8. The highest BCUT2D eigenvalue weighted by Crippen LogP contribution is 2.22. The molecule has 3 heterocycles. The molecule has 10 amide bonds. The van der Waals surface area contributed by atoms with Gasteiger partial charge in [-0.2, -0.15) is 0 Å². The molecule has 0 spiro atoms. The molecule has 2 saturated heterocycles. The van der Waals surface area contributed by atoms with E-state index in [1.807, 2.05) is 32.0 Å². The second kappa shape index (κ2) is 30.4. The molecule has 0 radical (unpaired) electrons. The number of likely N-dealkylation sites (tertiary alicyclic amines) is 1. The second-order valence-electron chi connectivity index (χ2n) is 20.5. The Bertz CT molecular complexity index is 2790. The van der Waals surface area contributed by atoms with Crippen molar-refractivity contribution < 1.29 is 53.1 Å². The van der Waals surface area contributed by atoms with Gasteiger partial charge in [0.25, 0.3) is 0 Å². The first-order valence-electron chi connectivity index (χ1n) is 26.9. The number of amides is 10. The molecule has 440 valence electrons. The largest absolute Gasteiger partial charge is 0.508 e. The number of hydrogen-bond acceptors (Lipinski definition) is 13. The first kappa shape index (κ1) is 62.9. The molecule has 0 unspecified atom stereocenters. The zero-order valence-electron chi connectivity index (χ0n) is 45.8. The van der Waals surface area contributed by atoms with Gasteiger partial charge in [-0.05, 0) is 93.5 Å². The van der Waals surface area contributed by atoms with Gasteiger partial charge in [0.1, 0.15) is 54.1 Å². The van der Waals surface area contributed by atoms with Crippen LogP contribution in [0.1, 0.15) is 89.7 Å². The summed E-state index contributed by atoms with van der Waals surface area (Å²) in [6.45, 7) is 4.76. The average molecular weight is 1130 g/mol. The van der Waals surface area contributed by atoms with Crippen molar-refractivity contribution in [3.63, 3.8) is 0 Å². The van der Waals surface area contributed by atoms with Crippen molar-refractivity contribution in [3.8, 4) is 5.75 Å². The number of rotatable bonds is 30. The Morgan fingerprint density at radius 2 is 1.28 bits per heavy atom. The summed E-state index contributed by atoms with van der Waals surface area (Å²) in [5.74, 6) is -7.46. The van der Waals surface area contributed by atoms with Crippen LogP contribution in [0.15, 0.2) is 64.7 Å². The monoisotopic (exact) mass is 1130 g/mol. The molecule has 2 aliphatic heterocycles. The number of carbonyl (C=O) groups excluding carboxylic acids is 10. The number of benzene rings is 2. The molecule has 1 aromatic heterocycles. The lowest BCUT2D eigenvalue weighted by Gasteiger charge is -2.29. The van der Waals surface area contributed by atoms with Crippen molar-refractivity contribution in [3.05, 3.63) is 65.9 Å². The van der Waals surface area contributed by atoms with Crippen LogP contribution < -0.4 is 71.2 Å². The lowest BCUT2D eigenvalue weighted by molar-refractivity contribution is -0.141. The number of phenolic OH excluding ortho intramolecular Hbond substituents is 1. The molecular weight excluding hydrogens is 1050 g/mol. The SMILES string of the molecule is CC(C)C[C@H](NC(=O)[C@@H](C)NC(=O)CNC(=O)[C@H](Cc1c[nH]c2ccccc12)NC(=O)[C@H](CCCN=C(N)N)NC(=O)[C@H](Cc1ccc(O)cc1)NC(=O)[C@@H]1CCC(=O)N1)C(=O)N[C@@H](CCCN=C(N)N)C(=O)N1CCC[C@H]1C(N)=O. The van der Waals surface area contributed by atoms with Crippen LogP contribution in [0.25, 0.3) is 10.9 Å². The first-order valence-corrected chi connectivity index (χ1v) is 26.9. The van der Waals surface area contributed by atoms with E-state index in [1.165, 1.54) is 24.0 Å². The summed E-state index contributed by atoms with van der Waals surface area (Å²) < 4.78 is 0. The number of carbonyl (C=O) groups is 10. The summed E-state index contributed by atoms with van der Waals surface area (Å²) in [6.07, 6.45) is 3.24.